The maximum atomic E-state index is 12.8. The summed E-state index contributed by atoms with van der Waals surface area (Å²) in [7, 11) is 0. The first-order valence-electron chi connectivity index (χ1n) is 25.3. The molecule has 0 saturated carbocycles. The van der Waals surface area contributed by atoms with Crippen molar-refractivity contribution in [2.45, 2.75) is 285 Å². The molecule has 338 valence electrons. The summed E-state index contributed by atoms with van der Waals surface area (Å²) in [6.07, 6.45) is 43.7. The van der Waals surface area contributed by atoms with E-state index in [0.29, 0.717) is 19.3 Å². The summed E-state index contributed by atoms with van der Waals surface area (Å²) in [6.45, 7) is 11.3. The second-order valence-corrected chi connectivity index (χ2v) is 18.2. The highest BCUT2D eigenvalue weighted by Crippen LogP contribution is 2.17. The Balaban J connectivity index is 4.32. The zero-order valence-corrected chi connectivity index (χ0v) is 39.0. The normalized spacial score (nSPS) is 12.5. The molecule has 2 atom stereocenters. The Morgan fingerprint density at radius 2 is 0.667 bits per heavy atom. The summed E-state index contributed by atoms with van der Waals surface area (Å²) < 4.78 is 16.8. The molecule has 0 saturated heterocycles. The minimum atomic E-state index is -0.762. The van der Waals surface area contributed by atoms with Crippen LogP contribution in [-0.4, -0.2) is 37.2 Å². The van der Waals surface area contributed by atoms with Gasteiger partial charge in [0.1, 0.15) is 13.2 Å². The molecular weight excluding hydrogens is 709 g/mol. The molecular formula is C51H98O6. The number of ether oxygens (including phenoxy) is 3. The standard InChI is InChI=1S/C51H98O6/c1-6-8-9-10-11-12-13-14-15-16-17-20-26-31-36-41-49(52)55-44-48(57-51(54)43-38-33-28-23-22-25-30-35-40-47(5)7-2)45-56-50(53)42-37-32-27-21-18-19-24-29-34-39-46(3)4/h46-48H,6-45H2,1-5H3/t47?,48-/m0/s1. The van der Waals surface area contributed by atoms with Gasteiger partial charge in [0.2, 0.25) is 0 Å². The molecule has 0 aliphatic carbocycles. The zero-order chi connectivity index (χ0) is 41.9. The fraction of sp³-hybridized carbons (Fsp3) is 0.941. The van der Waals surface area contributed by atoms with Crippen LogP contribution in [0.15, 0.2) is 0 Å². The van der Waals surface area contributed by atoms with Crippen molar-refractivity contribution in [3.63, 3.8) is 0 Å². The van der Waals surface area contributed by atoms with Crippen LogP contribution in [0.3, 0.4) is 0 Å². The van der Waals surface area contributed by atoms with Gasteiger partial charge < -0.3 is 14.2 Å². The maximum absolute atomic E-state index is 12.8. The van der Waals surface area contributed by atoms with Gasteiger partial charge in [-0.05, 0) is 31.1 Å². The molecule has 0 aromatic carbocycles. The van der Waals surface area contributed by atoms with Crippen LogP contribution in [0.1, 0.15) is 279 Å². The molecule has 0 aromatic rings. The van der Waals surface area contributed by atoms with Gasteiger partial charge in [0.25, 0.3) is 0 Å². The number of carbonyl (C=O) groups excluding carboxylic acids is 3. The number of unbranched alkanes of at least 4 members (excludes halogenated alkanes) is 29. The van der Waals surface area contributed by atoms with E-state index in [-0.39, 0.29) is 31.1 Å². The Labute approximate surface area is 355 Å². The van der Waals surface area contributed by atoms with Crippen LogP contribution < -0.4 is 0 Å². The highest BCUT2D eigenvalue weighted by Gasteiger charge is 2.19. The van der Waals surface area contributed by atoms with E-state index in [1.54, 1.807) is 0 Å². The summed E-state index contributed by atoms with van der Waals surface area (Å²) in [5.74, 6) is 0.801. The fourth-order valence-corrected chi connectivity index (χ4v) is 7.60. The van der Waals surface area contributed by atoms with Crippen LogP contribution in [0, 0.1) is 11.8 Å². The largest absolute Gasteiger partial charge is 0.462 e. The Bertz CT molecular complexity index is 872. The zero-order valence-electron chi connectivity index (χ0n) is 39.0. The van der Waals surface area contributed by atoms with E-state index in [9.17, 15) is 14.4 Å². The van der Waals surface area contributed by atoms with Crippen molar-refractivity contribution >= 4 is 17.9 Å². The second kappa shape index (κ2) is 44.0. The third kappa shape index (κ3) is 43.8. The molecule has 0 rings (SSSR count). The number of esters is 3. The van der Waals surface area contributed by atoms with Gasteiger partial charge in [-0.3, -0.25) is 14.4 Å². The van der Waals surface area contributed by atoms with E-state index in [1.165, 1.54) is 167 Å². The summed E-state index contributed by atoms with van der Waals surface area (Å²) >= 11 is 0. The number of hydrogen-bond acceptors (Lipinski definition) is 6. The fourth-order valence-electron chi connectivity index (χ4n) is 7.60. The molecule has 0 N–H and O–H groups in total. The second-order valence-electron chi connectivity index (χ2n) is 18.2. The average molecular weight is 807 g/mol. The highest BCUT2D eigenvalue weighted by atomic mass is 16.6. The minimum absolute atomic E-state index is 0.0644. The van der Waals surface area contributed by atoms with E-state index >= 15 is 0 Å². The topological polar surface area (TPSA) is 78.9 Å². The minimum Gasteiger partial charge on any atom is -0.462 e. The van der Waals surface area contributed by atoms with Crippen molar-refractivity contribution < 1.29 is 28.6 Å². The molecule has 57 heavy (non-hydrogen) atoms. The molecule has 0 heterocycles. The number of carbonyl (C=O) groups is 3. The van der Waals surface area contributed by atoms with E-state index in [0.717, 1.165) is 69.6 Å². The first kappa shape index (κ1) is 55.4. The Morgan fingerprint density at radius 1 is 0.368 bits per heavy atom. The molecule has 6 heteroatoms. The van der Waals surface area contributed by atoms with Crippen LogP contribution in [0.25, 0.3) is 0 Å². The molecule has 6 nitrogen and oxygen atoms in total. The summed E-state index contributed by atoms with van der Waals surface area (Å²) in [6, 6.07) is 0. The third-order valence-corrected chi connectivity index (χ3v) is 11.8. The van der Waals surface area contributed by atoms with Crippen molar-refractivity contribution in [3.05, 3.63) is 0 Å². The van der Waals surface area contributed by atoms with Gasteiger partial charge in [0.15, 0.2) is 6.10 Å². The lowest BCUT2D eigenvalue weighted by Crippen LogP contribution is -2.30. The quantitative estimate of drug-likeness (QED) is 0.0346. The van der Waals surface area contributed by atoms with Gasteiger partial charge >= 0.3 is 17.9 Å². The molecule has 0 aliphatic rings. The van der Waals surface area contributed by atoms with Crippen molar-refractivity contribution in [2.24, 2.45) is 11.8 Å². The van der Waals surface area contributed by atoms with Crippen molar-refractivity contribution in [2.75, 3.05) is 13.2 Å². The predicted molar refractivity (Wildman–Crippen MR) is 243 cm³/mol. The Kier molecular flexibility index (Phi) is 42.7. The smallest absolute Gasteiger partial charge is 0.306 e. The Morgan fingerprint density at radius 3 is 1.00 bits per heavy atom. The van der Waals surface area contributed by atoms with E-state index in [4.69, 9.17) is 14.2 Å². The first-order chi connectivity index (χ1) is 27.8. The van der Waals surface area contributed by atoms with Crippen LogP contribution in [-0.2, 0) is 28.6 Å². The van der Waals surface area contributed by atoms with Gasteiger partial charge in [0, 0.05) is 19.3 Å². The summed E-state index contributed by atoms with van der Waals surface area (Å²) in [5.41, 5.74) is 0. The van der Waals surface area contributed by atoms with Gasteiger partial charge in [-0.15, -0.1) is 0 Å². The lowest BCUT2D eigenvalue weighted by atomic mass is 9.99. The summed E-state index contributed by atoms with van der Waals surface area (Å²) in [5, 5.41) is 0. The van der Waals surface area contributed by atoms with Crippen LogP contribution in [0.2, 0.25) is 0 Å². The maximum Gasteiger partial charge on any atom is 0.306 e. The van der Waals surface area contributed by atoms with E-state index in [2.05, 4.69) is 34.6 Å². The lowest BCUT2D eigenvalue weighted by molar-refractivity contribution is -0.167. The predicted octanol–water partition coefficient (Wildman–Crippen LogP) is 16.1. The third-order valence-electron chi connectivity index (χ3n) is 11.8. The van der Waals surface area contributed by atoms with E-state index in [1.807, 2.05) is 0 Å². The SMILES string of the molecule is CCCCCCCCCCCCCCCCCC(=O)OC[C@@H](COC(=O)CCCCCCCCCCCC(C)C)OC(=O)CCCCCCCCCCC(C)CC. The van der Waals surface area contributed by atoms with Crippen molar-refractivity contribution in [3.8, 4) is 0 Å². The number of rotatable bonds is 45. The van der Waals surface area contributed by atoms with Gasteiger partial charge in [-0.2, -0.15) is 0 Å². The monoisotopic (exact) mass is 807 g/mol. The lowest BCUT2D eigenvalue weighted by Gasteiger charge is -2.18. The molecule has 0 spiro atoms. The molecule has 0 fully saturated rings. The molecule has 1 unspecified atom stereocenters. The van der Waals surface area contributed by atoms with Gasteiger partial charge in [0.05, 0.1) is 0 Å². The van der Waals surface area contributed by atoms with Crippen molar-refractivity contribution in [1.29, 1.82) is 0 Å². The molecule has 0 bridgehead atoms. The first-order valence-corrected chi connectivity index (χ1v) is 25.3. The number of hydrogen-bond donors (Lipinski definition) is 0. The van der Waals surface area contributed by atoms with Gasteiger partial charge in [-0.1, -0.05) is 240 Å². The molecule has 0 aromatic heterocycles. The van der Waals surface area contributed by atoms with Gasteiger partial charge in [-0.25, -0.2) is 0 Å². The molecule has 0 amide bonds. The van der Waals surface area contributed by atoms with Crippen molar-refractivity contribution in [1.82, 2.24) is 0 Å². The highest BCUT2D eigenvalue weighted by molar-refractivity contribution is 5.71. The molecule has 0 radical (unpaired) electrons. The average Bonchev–Trinajstić information content (AvgIpc) is 3.19. The van der Waals surface area contributed by atoms with Crippen LogP contribution in [0.5, 0.6) is 0 Å². The summed E-state index contributed by atoms with van der Waals surface area (Å²) in [4.78, 5) is 37.9. The molecule has 0 aliphatic heterocycles. The van der Waals surface area contributed by atoms with E-state index < -0.39 is 6.10 Å². The van der Waals surface area contributed by atoms with Crippen LogP contribution in [0.4, 0.5) is 0 Å². The Hall–Kier alpha value is -1.59. The van der Waals surface area contributed by atoms with Crippen LogP contribution >= 0.6 is 0 Å².